The molecule has 47 heavy (non-hydrogen) atoms. The van der Waals surface area contributed by atoms with Gasteiger partial charge in [-0.3, -0.25) is 4.98 Å². The Kier molecular flexibility index (Phi) is 8.65. The largest absolute Gasteiger partial charge is 2.00 e. The summed E-state index contributed by atoms with van der Waals surface area (Å²) in [6.45, 7) is 6.40. The molecule has 6 heteroatoms. The Balaban J connectivity index is 0.00000386. The van der Waals surface area contributed by atoms with Crippen molar-refractivity contribution in [2.24, 2.45) is 0 Å². The summed E-state index contributed by atoms with van der Waals surface area (Å²) in [7, 11) is 0. The van der Waals surface area contributed by atoms with Gasteiger partial charge in [0.15, 0.2) is 0 Å². The Morgan fingerprint density at radius 2 is 1.49 bits per heavy atom. The number of pyridine rings is 1. The van der Waals surface area contributed by atoms with Crippen molar-refractivity contribution >= 4 is 11.0 Å². The van der Waals surface area contributed by atoms with Gasteiger partial charge in [0.1, 0.15) is 5.75 Å². The summed E-state index contributed by atoms with van der Waals surface area (Å²) in [4.78, 5) is 14.6. The standard InChI is InChI=1S/C41H30N4O.Pt/c1-41(2,3)31-17-18-37(46)34(24-31)40-44-35-16-10-15-32(39(35)45-40)33-22-29(21-30(25-42)38(33)27-13-8-5-9-14-27)36-23-28(19-20-43-36)26-11-6-4-7-12-26;/h4-21,23-24H,1-3H3,(H-,44,45,46);/q-2;+2. The second-order valence-corrected chi connectivity index (χ2v) is 12.3. The van der Waals surface area contributed by atoms with Crippen LogP contribution in [0.5, 0.6) is 5.75 Å². The minimum Gasteiger partial charge on any atom is -0.507 e. The van der Waals surface area contributed by atoms with Gasteiger partial charge in [-0.2, -0.15) is 5.26 Å². The molecule has 0 aliphatic heterocycles. The third-order valence-corrected chi connectivity index (χ3v) is 8.23. The van der Waals surface area contributed by atoms with E-state index in [-0.39, 0.29) is 32.2 Å². The smallest absolute Gasteiger partial charge is 0.507 e. The van der Waals surface area contributed by atoms with Crippen LogP contribution in [0.25, 0.3) is 67.1 Å². The second kappa shape index (κ2) is 12.8. The van der Waals surface area contributed by atoms with Crippen LogP contribution in [0.4, 0.5) is 0 Å². The number of rotatable bonds is 5. The van der Waals surface area contributed by atoms with Crippen LogP contribution >= 0.6 is 0 Å². The van der Waals surface area contributed by atoms with E-state index in [0.29, 0.717) is 39.2 Å². The molecule has 0 amide bonds. The summed E-state index contributed by atoms with van der Waals surface area (Å²) < 4.78 is 0. The zero-order valence-electron chi connectivity index (χ0n) is 26.1. The number of hydrogen-bond donors (Lipinski definition) is 1. The fourth-order valence-electron chi connectivity index (χ4n) is 5.79. The Bertz CT molecular complexity index is 2260. The van der Waals surface area contributed by atoms with Gasteiger partial charge in [-0.1, -0.05) is 140 Å². The molecule has 7 aromatic rings. The van der Waals surface area contributed by atoms with Gasteiger partial charge in [-0.25, -0.2) is 0 Å². The van der Waals surface area contributed by atoms with Crippen LogP contribution in [0.1, 0.15) is 31.9 Å². The van der Waals surface area contributed by atoms with Crippen LogP contribution in [-0.2, 0) is 26.5 Å². The maximum Gasteiger partial charge on any atom is 2.00 e. The van der Waals surface area contributed by atoms with E-state index in [0.717, 1.165) is 38.9 Å². The maximum atomic E-state index is 10.9. The number of aromatic hydroxyl groups is 1. The molecule has 0 fully saturated rings. The molecular weight excluding hydrogens is 760 g/mol. The van der Waals surface area contributed by atoms with Crippen molar-refractivity contribution < 1.29 is 26.2 Å². The summed E-state index contributed by atoms with van der Waals surface area (Å²) >= 11 is 0. The molecular formula is C41H30N4OPt. The van der Waals surface area contributed by atoms with E-state index in [9.17, 15) is 10.4 Å². The number of imidazole rings is 1. The van der Waals surface area contributed by atoms with E-state index >= 15 is 0 Å². The fourth-order valence-corrected chi connectivity index (χ4v) is 5.79. The molecule has 0 aliphatic rings. The first-order valence-electron chi connectivity index (χ1n) is 15.2. The zero-order chi connectivity index (χ0) is 31.8. The third kappa shape index (κ3) is 6.13. The first-order chi connectivity index (χ1) is 22.3. The van der Waals surface area contributed by atoms with Crippen molar-refractivity contribution in [2.75, 3.05) is 0 Å². The Morgan fingerprint density at radius 1 is 0.766 bits per heavy atom. The predicted molar refractivity (Wildman–Crippen MR) is 184 cm³/mol. The average Bonchev–Trinajstić information content (AvgIpc) is 3.53. The van der Waals surface area contributed by atoms with Gasteiger partial charge >= 0.3 is 21.1 Å². The van der Waals surface area contributed by atoms with E-state index in [2.05, 4.69) is 45.0 Å². The van der Waals surface area contributed by atoms with Gasteiger partial charge in [0.05, 0.1) is 6.07 Å². The maximum absolute atomic E-state index is 10.9. The second-order valence-electron chi connectivity index (χ2n) is 12.3. The van der Waals surface area contributed by atoms with Crippen LogP contribution in [0.2, 0.25) is 0 Å². The van der Waals surface area contributed by atoms with Crippen LogP contribution in [0.15, 0.2) is 121 Å². The van der Waals surface area contributed by atoms with Crippen molar-refractivity contribution in [3.63, 3.8) is 0 Å². The molecule has 0 saturated carbocycles. The summed E-state index contributed by atoms with van der Waals surface area (Å²) in [6.07, 6.45) is 1.79. The molecule has 2 aromatic heterocycles. The first kappa shape index (κ1) is 31.7. The number of aromatic nitrogens is 3. The van der Waals surface area contributed by atoms with Crippen LogP contribution in [-0.4, -0.2) is 15.1 Å². The molecule has 0 spiro atoms. The minimum absolute atomic E-state index is 0. The predicted octanol–water partition coefficient (Wildman–Crippen LogP) is 9.59. The van der Waals surface area contributed by atoms with Crippen molar-refractivity contribution in [3.05, 3.63) is 139 Å². The minimum atomic E-state index is -0.112. The number of fused-ring (bicyclic) bond motifs is 1. The van der Waals surface area contributed by atoms with Gasteiger partial charge in [-0.15, -0.1) is 17.7 Å². The quantitative estimate of drug-likeness (QED) is 0.176. The average molecular weight is 790 g/mol. The Morgan fingerprint density at radius 3 is 2.19 bits per heavy atom. The number of para-hydroxylation sites is 1. The van der Waals surface area contributed by atoms with Crippen LogP contribution in [0, 0.1) is 17.4 Å². The zero-order valence-corrected chi connectivity index (χ0v) is 28.4. The molecule has 0 saturated heterocycles. The molecule has 2 heterocycles. The van der Waals surface area contributed by atoms with Gasteiger partial charge in [-0.05, 0) is 57.2 Å². The SMILES string of the molecule is CC(C)(C)c1ccc(O)c(-c2nc3cccc(-c4[c-]c(-c5cc(-c6ccccc6)ccn5)cc(C#N)c4-c4ccccc4)c3[n-]2)c1.[Pt+2]. The van der Waals surface area contributed by atoms with Gasteiger partial charge in [0.2, 0.25) is 0 Å². The molecule has 0 aliphatic carbocycles. The summed E-state index contributed by atoms with van der Waals surface area (Å²) in [5, 5.41) is 21.4. The summed E-state index contributed by atoms with van der Waals surface area (Å²) in [5.41, 5.74) is 10.1. The van der Waals surface area contributed by atoms with Crippen molar-refractivity contribution in [1.29, 1.82) is 5.26 Å². The van der Waals surface area contributed by atoms with Crippen molar-refractivity contribution in [2.45, 2.75) is 26.2 Å². The third-order valence-electron chi connectivity index (χ3n) is 8.23. The molecule has 0 radical (unpaired) electrons. The van der Waals surface area contributed by atoms with Crippen molar-refractivity contribution in [3.8, 4) is 67.8 Å². The number of nitrogens with zero attached hydrogens (tertiary/aromatic N) is 4. The van der Waals surface area contributed by atoms with Gasteiger partial charge in [0.25, 0.3) is 0 Å². The van der Waals surface area contributed by atoms with Crippen molar-refractivity contribution in [1.82, 2.24) is 15.0 Å². The molecule has 0 bridgehead atoms. The van der Waals surface area contributed by atoms with Crippen LogP contribution < -0.4 is 4.98 Å². The monoisotopic (exact) mass is 789 g/mol. The normalized spacial score (nSPS) is 11.2. The Hall–Kier alpha value is -5.30. The number of phenolic OH excluding ortho intramolecular Hbond substituents is 1. The van der Waals surface area contributed by atoms with E-state index in [1.54, 1.807) is 12.3 Å². The van der Waals surface area contributed by atoms with Gasteiger partial charge in [0, 0.05) is 17.5 Å². The molecule has 7 rings (SSSR count). The number of phenols is 1. The molecule has 5 nitrogen and oxygen atoms in total. The summed E-state index contributed by atoms with van der Waals surface area (Å²) in [5.74, 6) is 0.570. The van der Waals surface area contributed by atoms with E-state index in [1.165, 1.54) is 0 Å². The fraction of sp³-hybridized carbons (Fsp3) is 0.0976. The number of nitriles is 1. The van der Waals surface area contributed by atoms with E-state index in [1.807, 2.05) is 97.1 Å². The van der Waals surface area contributed by atoms with Gasteiger partial charge < -0.3 is 15.1 Å². The molecule has 230 valence electrons. The molecule has 0 atom stereocenters. The van der Waals surface area contributed by atoms with E-state index in [4.69, 9.17) is 15.0 Å². The molecule has 0 unspecified atom stereocenters. The first-order valence-corrected chi connectivity index (χ1v) is 15.2. The molecule has 5 aromatic carbocycles. The topological polar surface area (TPSA) is 83.9 Å². The molecule has 1 N–H and O–H groups in total. The summed E-state index contributed by atoms with van der Waals surface area (Å²) in [6, 6.07) is 43.5. The number of benzene rings is 5. The van der Waals surface area contributed by atoms with Crippen LogP contribution in [0.3, 0.4) is 0 Å². The Labute approximate surface area is 288 Å². The number of hydrogen-bond acceptors (Lipinski definition) is 4. The van der Waals surface area contributed by atoms with E-state index < -0.39 is 0 Å².